The zero-order valence-electron chi connectivity index (χ0n) is 15.1. The van der Waals surface area contributed by atoms with Crippen LogP contribution >= 0.6 is 0 Å². The Morgan fingerprint density at radius 1 is 1.25 bits per heavy atom. The largest absolute Gasteiger partial charge is 0.481 e. The number of anilines is 2. The quantitative estimate of drug-likeness (QED) is 0.796. The molecule has 0 bridgehead atoms. The maximum Gasteiger partial charge on any atom is 0.307 e. The van der Waals surface area contributed by atoms with Crippen molar-refractivity contribution in [3.05, 3.63) is 53.8 Å². The summed E-state index contributed by atoms with van der Waals surface area (Å²) >= 11 is 0. The number of hydrogen-bond acceptors (Lipinski definition) is 4. The topological polar surface area (TPSA) is 95.9 Å². The van der Waals surface area contributed by atoms with Gasteiger partial charge < -0.3 is 20.1 Å². The van der Waals surface area contributed by atoms with Gasteiger partial charge in [0, 0.05) is 18.7 Å². The number of para-hydroxylation sites is 2. The normalized spacial score (nSPS) is 15.6. The van der Waals surface area contributed by atoms with Crippen molar-refractivity contribution in [1.29, 1.82) is 0 Å². The molecule has 0 aliphatic carbocycles. The van der Waals surface area contributed by atoms with Crippen LogP contribution < -0.4 is 15.0 Å². The molecule has 1 aliphatic rings. The molecule has 8 heteroatoms. The van der Waals surface area contributed by atoms with Crippen LogP contribution in [0.3, 0.4) is 0 Å². The number of nitrogens with one attached hydrogen (secondary N) is 1. The fourth-order valence-electron chi connectivity index (χ4n) is 2.96. The summed E-state index contributed by atoms with van der Waals surface area (Å²) in [6.45, 7) is 1.79. The van der Waals surface area contributed by atoms with E-state index in [4.69, 9.17) is 9.84 Å². The first-order valence-corrected chi connectivity index (χ1v) is 8.72. The Kier molecular flexibility index (Phi) is 5.58. The third kappa shape index (κ3) is 4.28. The van der Waals surface area contributed by atoms with E-state index >= 15 is 0 Å². The van der Waals surface area contributed by atoms with Crippen molar-refractivity contribution in [1.82, 2.24) is 0 Å². The molecule has 146 valence electrons. The highest BCUT2D eigenvalue weighted by atomic mass is 19.1. The molecule has 28 heavy (non-hydrogen) atoms. The Balaban J connectivity index is 1.64. The fraction of sp³-hybridized carbons (Fsp3) is 0.250. The summed E-state index contributed by atoms with van der Waals surface area (Å²) in [5, 5.41) is 11.3. The molecule has 0 fully saturated rings. The molecule has 2 aromatic carbocycles. The number of benzene rings is 2. The van der Waals surface area contributed by atoms with Crippen LogP contribution in [-0.4, -0.2) is 35.5 Å². The van der Waals surface area contributed by atoms with Gasteiger partial charge in [0.05, 0.1) is 12.1 Å². The van der Waals surface area contributed by atoms with E-state index in [0.717, 1.165) is 6.07 Å². The van der Waals surface area contributed by atoms with Gasteiger partial charge in [-0.1, -0.05) is 18.2 Å². The Hall–Kier alpha value is -3.42. The van der Waals surface area contributed by atoms with Crippen molar-refractivity contribution in [3.8, 4) is 5.75 Å². The highest BCUT2D eigenvalue weighted by molar-refractivity contribution is 6.00. The molecule has 0 saturated heterocycles. The lowest BCUT2D eigenvalue weighted by Crippen LogP contribution is -2.45. The van der Waals surface area contributed by atoms with Crippen molar-refractivity contribution in [2.24, 2.45) is 0 Å². The van der Waals surface area contributed by atoms with E-state index in [-0.39, 0.29) is 30.1 Å². The predicted octanol–water partition coefficient (Wildman–Crippen LogP) is 2.60. The number of carboxylic acids is 1. The minimum absolute atomic E-state index is 0.00525. The molecule has 0 saturated carbocycles. The van der Waals surface area contributed by atoms with Crippen LogP contribution in [0.15, 0.2) is 42.5 Å². The monoisotopic (exact) mass is 386 g/mol. The number of carbonyl (C=O) groups excluding carboxylic acids is 2. The molecule has 2 amide bonds. The van der Waals surface area contributed by atoms with Gasteiger partial charge in [-0.2, -0.15) is 0 Å². The van der Waals surface area contributed by atoms with Crippen molar-refractivity contribution in [3.63, 3.8) is 0 Å². The molecular weight excluding hydrogens is 367 g/mol. The van der Waals surface area contributed by atoms with Gasteiger partial charge in [0.1, 0.15) is 11.6 Å². The van der Waals surface area contributed by atoms with Gasteiger partial charge in [0.25, 0.3) is 5.91 Å². The average Bonchev–Trinajstić information content (AvgIpc) is 2.64. The molecule has 0 radical (unpaired) electrons. The van der Waals surface area contributed by atoms with E-state index in [9.17, 15) is 18.8 Å². The van der Waals surface area contributed by atoms with E-state index in [1.807, 2.05) is 0 Å². The van der Waals surface area contributed by atoms with Crippen molar-refractivity contribution >= 4 is 29.2 Å². The number of fused-ring (bicyclic) bond motifs is 1. The molecule has 1 atom stereocenters. The number of hydrogen-bond donors (Lipinski definition) is 2. The minimum Gasteiger partial charge on any atom is -0.481 e. The van der Waals surface area contributed by atoms with E-state index in [1.165, 1.54) is 17.0 Å². The third-order valence-electron chi connectivity index (χ3n) is 4.31. The summed E-state index contributed by atoms with van der Waals surface area (Å²) in [5.74, 6) is -1.90. The van der Waals surface area contributed by atoms with Crippen molar-refractivity contribution < 1.29 is 28.6 Å². The molecule has 0 spiro atoms. The number of rotatable bonds is 6. The van der Waals surface area contributed by atoms with Crippen molar-refractivity contribution in [2.45, 2.75) is 25.9 Å². The van der Waals surface area contributed by atoms with Crippen LogP contribution in [-0.2, 0) is 20.8 Å². The molecule has 2 aromatic rings. The number of amides is 2. The SMILES string of the molecule is CC1Oc2ccccc2N(CCC(=O)Nc2ccc(CC(=O)O)c(F)c2)C1=O. The van der Waals surface area contributed by atoms with E-state index in [1.54, 1.807) is 31.2 Å². The van der Waals surface area contributed by atoms with Crippen molar-refractivity contribution in [2.75, 3.05) is 16.8 Å². The van der Waals surface area contributed by atoms with Gasteiger partial charge >= 0.3 is 5.97 Å². The Morgan fingerprint density at radius 2 is 2.00 bits per heavy atom. The molecule has 3 rings (SSSR count). The minimum atomic E-state index is -1.14. The molecule has 0 aromatic heterocycles. The van der Waals surface area contributed by atoms with E-state index in [0.29, 0.717) is 11.4 Å². The Labute approximate surface area is 160 Å². The van der Waals surface area contributed by atoms with Gasteiger partial charge in [0.2, 0.25) is 5.91 Å². The highest BCUT2D eigenvalue weighted by Crippen LogP contribution is 2.33. The first kappa shape index (κ1) is 19.3. The van der Waals surface area contributed by atoms with Crippen LogP contribution in [0.4, 0.5) is 15.8 Å². The van der Waals surface area contributed by atoms with Gasteiger partial charge in [-0.3, -0.25) is 14.4 Å². The number of ether oxygens (including phenoxy) is 1. The molecular formula is C20H19FN2O5. The lowest BCUT2D eigenvalue weighted by atomic mass is 10.1. The molecule has 2 N–H and O–H groups in total. The predicted molar refractivity (Wildman–Crippen MR) is 99.9 cm³/mol. The molecule has 1 unspecified atom stereocenters. The van der Waals surface area contributed by atoms with Crippen LogP contribution in [0.5, 0.6) is 5.75 Å². The Bertz CT molecular complexity index is 931. The second-order valence-electron chi connectivity index (χ2n) is 6.39. The van der Waals surface area contributed by atoms with E-state index < -0.39 is 30.2 Å². The first-order valence-electron chi connectivity index (χ1n) is 8.72. The fourth-order valence-corrected chi connectivity index (χ4v) is 2.96. The van der Waals surface area contributed by atoms with Crippen LogP contribution in [0.25, 0.3) is 0 Å². The summed E-state index contributed by atoms with van der Waals surface area (Å²) in [7, 11) is 0. The van der Waals surface area contributed by atoms with Crippen LogP contribution in [0.1, 0.15) is 18.9 Å². The van der Waals surface area contributed by atoms with Gasteiger partial charge in [-0.25, -0.2) is 4.39 Å². The number of nitrogens with zero attached hydrogens (tertiary/aromatic N) is 1. The second kappa shape index (κ2) is 8.08. The maximum atomic E-state index is 13.9. The zero-order chi connectivity index (χ0) is 20.3. The average molecular weight is 386 g/mol. The molecule has 7 nitrogen and oxygen atoms in total. The van der Waals surface area contributed by atoms with Gasteiger partial charge in [-0.15, -0.1) is 0 Å². The second-order valence-corrected chi connectivity index (χ2v) is 6.39. The lowest BCUT2D eigenvalue weighted by Gasteiger charge is -2.32. The van der Waals surface area contributed by atoms with E-state index in [2.05, 4.69) is 5.32 Å². The van der Waals surface area contributed by atoms with Gasteiger partial charge in [0.15, 0.2) is 6.10 Å². The number of carboxylic acid groups (broad SMARTS) is 1. The first-order chi connectivity index (χ1) is 13.3. The van der Waals surface area contributed by atoms with Gasteiger partial charge in [-0.05, 0) is 36.8 Å². The highest BCUT2D eigenvalue weighted by Gasteiger charge is 2.31. The Morgan fingerprint density at radius 3 is 2.71 bits per heavy atom. The molecule has 1 heterocycles. The van der Waals surface area contributed by atoms with Crippen LogP contribution in [0, 0.1) is 5.82 Å². The smallest absolute Gasteiger partial charge is 0.307 e. The standard InChI is InChI=1S/C20H19FN2O5/c1-12-20(27)23(16-4-2-3-5-17(16)28-12)9-8-18(24)22-14-7-6-13(10-19(25)26)15(21)11-14/h2-7,11-12H,8-10H2,1H3,(H,22,24)(H,25,26). The zero-order valence-corrected chi connectivity index (χ0v) is 15.1. The summed E-state index contributed by atoms with van der Waals surface area (Å²) in [4.78, 5) is 36.8. The maximum absolute atomic E-state index is 13.9. The summed E-state index contributed by atoms with van der Waals surface area (Å²) < 4.78 is 19.5. The third-order valence-corrected chi connectivity index (χ3v) is 4.31. The number of halogens is 1. The van der Waals surface area contributed by atoms with Crippen LogP contribution in [0.2, 0.25) is 0 Å². The summed E-state index contributed by atoms with van der Waals surface area (Å²) in [5.41, 5.74) is 0.858. The summed E-state index contributed by atoms with van der Waals surface area (Å²) in [6.07, 6.45) is -1.07. The molecule has 1 aliphatic heterocycles. The summed E-state index contributed by atoms with van der Waals surface area (Å²) in [6, 6.07) is 10.9. The number of carbonyl (C=O) groups is 3. The number of aliphatic carboxylic acids is 1. The lowest BCUT2D eigenvalue weighted by molar-refractivity contribution is -0.136.